The Kier molecular flexibility index (Phi) is 2.88. The van der Waals surface area contributed by atoms with Crippen LogP contribution in [-0.4, -0.2) is 20.1 Å². The molecule has 18 heavy (non-hydrogen) atoms. The fourth-order valence-electron chi connectivity index (χ4n) is 2.49. The molecule has 94 valence electrons. The molecule has 1 aromatic carbocycles. The van der Waals surface area contributed by atoms with Gasteiger partial charge in [-0.05, 0) is 42.9 Å². The summed E-state index contributed by atoms with van der Waals surface area (Å²) in [5, 5.41) is 17.4. The molecule has 1 unspecified atom stereocenters. The van der Waals surface area contributed by atoms with Crippen LogP contribution in [0.15, 0.2) is 24.4 Å². The Labute approximate surface area is 106 Å². The Hall–Kier alpha value is -1.68. The summed E-state index contributed by atoms with van der Waals surface area (Å²) in [7, 11) is 0. The van der Waals surface area contributed by atoms with Crippen LogP contribution >= 0.6 is 0 Å². The van der Waals surface area contributed by atoms with Crippen molar-refractivity contribution < 1.29 is 5.11 Å². The van der Waals surface area contributed by atoms with E-state index in [4.69, 9.17) is 0 Å². The van der Waals surface area contributed by atoms with Crippen molar-refractivity contribution >= 4 is 0 Å². The van der Waals surface area contributed by atoms with E-state index in [2.05, 4.69) is 28.5 Å². The predicted molar refractivity (Wildman–Crippen MR) is 68.2 cm³/mol. The maximum absolute atomic E-state index is 9.41. The molecule has 1 aliphatic rings. The highest BCUT2D eigenvalue weighted by Gasteiger charge is 2.11. The number of aliphatic hydroxyl groups is 1. The van der Waals surface area contributed by atoms with Crippen molar-refractivity contribution in [2.45, 2.75) is 38.8 Å². The molecule has 3 rings (SSSR count). The monoisotopic (exact) mass is 243 g/mol. The maximum Gasteiger partial charge on any atom is 0.111 e. The van der Waals surface area contributed by atoms with Crippen LogP contribution < -0.4 is 0 Å². The molecule has 0 amide bonds. The number of fused-ring (bicyclic) bond motifs is 1. The number of hydrogen-bond donors (Lipinski definition) is 1. The summed E-state index contributed by atoms with van der Waals surface area (Å²) in [6.07, 6.45) is 4.93. The van der Waals surface area contributed by atoms with Crippen LogP contribution in [0.5, 0.6) is 0 Å². The molecule has 4 heteroatoms. The third-order valence-corrected chi connectivity index (χ3v) is 3.49. The number of nitrogens with zero attached hydrogens (tertiary/aromatic N) is 3. The fraction of sp³-hybridized carbons (Fsp3) is 0.429. The van der Waals surface area contributed by atoms with E-state index >= 15 is 0 Å². The van der Waals surface area contributed by atoms with Crippen molar-refractivity contribution in [2.75, 3.05) is 0 Å². The molecule has 2 aromatic rings. The highest BCUT2D eigenvalue weighted by molar-refractivity contribution is 5.35. The number of rotatable bonds is 3. The zero-order chi connectivity index (χ0) is 12.5. The standard InChI is InChI=1S/C14H17N3O/c1-10(18)14-9-17(16-15-14)8-11-5-6-12-3-2-4-13(12)7-11/h5-7,9-10,18H,2-4,8H2,1H3. The summed E-state index contributed by atoms with van der Waals surface area (Å²) in [5.74, 6) is 0. The minimum absolute atomic E-state index is 0.557. The summed E-state index contributed by atoms with van der Waals surface area (Å²) >= 11 is 0. The highest BCUT2D eigenvalue weighted by Crippen LogP contribution is 2.23. The molecule has 0 spiro atoms. The largest absolute Gasteiger partial charge is 0.387 e. The van der Waals surface area contributed by atoms with Gasteiger partial charge in [-0.1, -0.05) is 23.4 Å². The molecule has 1 aliphatic carbocycles. The lowest BCUT2D eigenvalue weighted by atomic mass is 10.1. The van der Waals surface area contributed by atoms with Gasteiger partial charge in [0, 0.05) is 0 Å². The SMILES string of the molecule is CC(O)c1cn(Cc2ccc3c(c2)CCC3)nn1. The topological polar surface area (TPSA) is 50.9 Å². The summed E-state index contributed by atoms with van der Waals surface area (Å²) in [6.45, 7) is 2.41. The Balaban J connectivity index is 1.79. The first kappa shape index (κ1) is 11.4. The van der Waals surface area contributed by atoms with Crippen molar-refractivity contribution in [3.63, 3.8) is 0 Å². The maximum atomic E-state index is 9.41. The lowest BCUT2D eigenvalue weighted by Gasteiger charge is -2.04. The first-order valence-corrected chi connectivity index (χ1v) is 6.41. The van der Waals surface area contributed by atoms with Crippen LogP contribution in [0, 0.1) is 0 Å². The van der Waals surface area contributed by atoms with Crippen LogP contribution in [0.3, 0.4) is 0 Å². The molecule has 1 N–H and O–H groups in total. The minimum Gasteiger partial charge on any atom is -0.387 e. The van der Waals surface area contributed by atoms with E-state index in [-0.39, 0.29) is 0 Å². The van der Waals surface area contributed by atoms with Crippen molar-refractivity contribution in [3.8, 4) is 0 Å². The first-order valence-electron chi connectivity index (χ1n) is 6.41. The zero-order valence-corrected chi connectivity index (χ0v) is 10.5. The molecule has 0 saturated heterocycles. The van der Waals surface area contributed by atoms with Crippen molar-refractivity contribution in [3.05, 3.63) is 46.8 Å². The average molecular weight is 243 g/mol. The molecular formula is C14H17N3O. The van der Waals surface area contributed by atoms with Gasteiger partial charge in [0.15, 0.2) is 0 Å². The second-order valence-electron chi connectivity index (χ2n) is 4.97. The van der Waals surface area contributed by atoms with E-state index in [0.29, 0.717) is 12.2 Å². The third-order valence-electron chi connectivity index (χ3n) is 3.49. The van der Waals surface area contributed by atoms with Gasteiger partial charge in [-0.3, -0.25) is 0 Å². The number of aromatic nitrogens is 3. The molecule has 0 saturated carbocycles. The van der Waals surface area contributed by atoms with E-state index in [1.165, 1.54) is 36.0 Å². The van der Waals surface area contributed by atoms with Gasteiger partial charge in [0.1, 0.15) is 5.69 Å². The molecule has 1 heterocycles. The van der Waals surface area contributed by atoms with Crippen molar-refractivity contribution in [2.24, 2.45) is 0 Å². The Bertz CT molecular complexity index is 560. The van der Waals surface area contributed by atoms with Gasteiger partial charge in [0.05, 0.1) is 18.8 Å². The Morgan fingerprint density at radius 3 is 2.94 bits per heavy atom. The summed E-state index contributed by atoms with van der Waals surface area (Å²) in [4.78, 5) is 0. The molecule has 1 atom stereocenters. The molecule has 0 aliphatic heterocycles. The molecule has 1 aromatic heterocycles. The minimum atomic E-state index is -0.557. The van der Waals surface area contributed by atoms with E-state index in [0.717, 1.165) is 0 Å². The van der Waals surface area contributed by atoms with Crippen LogP contribution in [-0.2, 0) is 19.4 Å². The van der Waals surface area contributed by atoms with E-state index in [1.807, 2.05) is 0 Å². The molecule has 0 bridgehead atoms. The Morgan fingerprint density at radius 2 is 2.17 bits per heavy atom. The second-order valence-corrected chi connectivity index (χ2v) is 4.97. The second kappa shape index (κ2) is 4.53. The van der Waals surface area contributed by atoms with E-state index < -0.39 is 6.10 Å². The zero-order valence-electron chi connectivity index (χ0n) is 10.5. The van der Waals surface area contributed by atoms with Gasteiger partial charge in [0.25, 0.3) is 0 Å². The summed E-state index contributed by atoms with van der Waals surface area (Å²) in [6, 6.07) is 6.66. The normalized spacial score (nSPS) is 15.7. The van der Waals surface area contributed by atoms with Crippen LogP contribution in [0.4, 0.5) is 0 Å². The van der Waals surface area contributed by atoms with Gasteiger partial charge in [0.2, 0.25) is 0 Å². The number of hydrogen-bond acceptors (Lipinski definition) is 3. The van der Waals surface area contributed by atoms with Gasteiger partial charge in [-0.2, -0.15) is 0 Å². The summed E-state index contributed by atoms with van der Waals surface area (Å²) in [5.41, 5.74) is 4.83. The smallest absolute Gasteiger partial charge is 0.111 e. The molecule has 4 nitrogen and oxygen atoms in total. The Morgan fingerprint density at radius 1 is 1.33 bits per heavy atom. The summed E-state index contributed by atoms with van der Waals surface area (Å²) < 4.78 is 1.78. The average Bonchev–Trinajstić information content (AvgIpc) is 2.96. The van der Waals surface area contributed by atoms with Crippen molar-refractivity contribution in [1.29, 1.82) is 0 Å². The van der Waals surface area contributed by atoms with Gasteiger partial charge in [-0.25, -0.2) is 4.68 Å². The lowest BCUT2D eigenvalue weighted by molar-refractivity contribution is 0.194. The van der Waals surface area contributed by atoms with Gasteiger partial charge < -0.3 is 5.11 Å². The van der Waals surface area contributed by atoms with Crippen LogP contribution in [0.2, 0.25) is 0 Å². The first-order chi connectivity index (χ1) is 8.72. The quantitative estimate of drug-likeness (QED) is 0.895. The highest BCUT2D eigenvalue weighted by atomic mass is 16.3. The predicted octanol–water partition coefficient (Wildman–Crippen LogP) is 1.87. The number of benzene rings is 1. The molecule has 0 radical (unpaired) electrons. The van der Waals surface area contributed by atoms with Crippen molar-refractivity contribution in [1.82, 2.24) is 15.0 Å². The van der Waals surface area contributed by atoms with E-state index in [1.54, 1.807) is 17.8 Å². The molecular weight excluding hydrogens is 226 g/mol. The van der Waals surface area contributed by atoms with Crippen LogP contribution in [0.1, 0.15) is 41.8 Å². The number of aliphatic hydroxyl groups excluding tert-OH is 1. The third kappa shape index (κ3) is 2.16. The van der Waals surface area contributed by atoms with Gasteiger partial charge >= 0.3 is 0 Å². The lowest BCUT2D eigenvalue weighted by Crippen LogP contribution is -2.01. The molecule has 0 fully saturated rings. The number of aryl methyl sites for hydroxylation is 2. The van der Waals surface area contributed by atoms with Gasteiger partial charge in [-0.15, -0.1) is 5.10 Å². The fourth-order valence-corrected chi connectivity index (χ4v) is 2.49. The van der Waals surface area contributed by atoms with E-state index in [9.17, 15) is 5.11 Å². The van der Waals surface area contributed by atoms with Crippen LogP contribution in [0.25, 0.3) is 0 Å².